The topological polar surface area (TPSA) is 32.3 Å². The minimum absolute atomic E-state index is 0.169. The number of amides is 1. The number of carbonyl (C=O) groups is 1. The Bertz CT molecular complexity index is 544. The molecule has 2 aliphatic heterocycles. The first kappa shape index (κ1) is 13.6. The predicted molar refractivity (Wildman–Crippen MR) is 82.2 cm³/mol. The Morgan fingerprint density at radius 1 is 1.25 bits per heavy atom. The van der Waals surface area contributed by atoms with Crippen molar-refractivity contribution >= 4 is 11.6 Å². The molecule has 1 fully saturated rings. The standard InChI is InChI=1S/C17H24N2O/c1-12-4-5-13(2)16-15(12)10-17(6-8-18-11-17)7-9-19(16)14(3)20/h4-5,18H,6-11H2,1-3H3. The molecule has 3 rings (SSSR count). The lowest BCUT2D eigenvalue weighted by Gasteiger charge is -2.26. The Morgan fingerprint density at radius 2 is 2.00 bits per heavy atom. The average molecular weight is 272 g/mol. The molecule has 0 aromatic heterocycles. The number of nitrogens with zero attached hydrogens (tertiary/aromatic N) is 1. The Morgan fingerprint density at radius 3 is 2.65 bits per heavy atom. The summed E-state index contributed by atoms with van der Waals surface area (Å²) in [6.07, 6.45) is 3.44. The molecule has 1 aromatic rings. The van der Waals surface area contributed by atoms with E-state index in [1.54, 1.807) is 6.92 Å². The second kappa shape index (κ2) is 4.88. The molecule has 1 amide bonds. The van der Waals surface area contributed by atoms with E-state index in [1.807, 2.05) is 4.90 Å². The molecule has 20 heavy (non-hydrogen) atoms. The monoisotopic (exact) mass is 272 g/mol. The molecule has 1 aromatic carbocycles. The summed E-state index contributed by atoms with van der Waals surface area (Å²) in [6.45, 7) is 9.05. The van der Waals surface area contributed by atoms with Crippen LogP contribution in [0.15, 0.2) is 12.1 Å². The minimum Gasteiger partial charge on any atom is -0.316 e. The van der Waals surface area contributed by atoms with Crippen LogP contribution in [-0.4, -0.2) is 25.5 Å². The van der Waals surface area contributed by atoms with Crippen molar-refractivity contribution in [1.82, 2.24) is 5.32 Å². The third-order valence-corrected chi connectivity index (χ3v) is 5.12. The fraction of sp³-hybridized carbons (Fsp3) is 0.588. The van der Waals surface area contributed by atoms with E-state index in [4.69, 9.17) is 0 Å². The number of carbonyl (C=O) groups excluding carboxylic acids is 1. The summed E-state index contributed by atoms with van der Waals surface area (Å²) < 4.78 is 0. The molecule has 1 unspecified atom stereocenters. The third-order valence-electron chi connectivity index (χ3n) is 5.12. The molecule has 2 heterocycles. The average Bonchev–Trinajstić information content (AvgIpc) is 2.76. The number of fused-ring (bicyclic) bond motifs is 1. The van der Waals surface area contributed by atoms with Gasteiger partial charge in [0.15, 0.2) is 0 Å². The Kier molecular flexibility index (Phi) is 3.33. The summed E-state index contributed by atoms with van der Waals surface area (Å²) in [5, 5.41) is 3.52. The van der Waals surface area contributed by atoms with E-state index < -0.39 is 0 Å². The number of rotatable bonds is 0. The van der Waals surface area contributed by atoms with Gasteiger partial charge in [-0.2, -0.15) is 0 Å². The molecule has 0 bridgehead atoms. The third kappa shape index (κ3) is 2.14. The highest BCUT2D eigenvalue weighted by Gasteiger charge is 2.38. The van der Waals surface area contributed by atoms with Crippen molar-refractivity contribution in [2.75, 3.05) is 24.5 Å². The Labute approximate surface area is 121 Å². The quantitative estimate of drug-likeness (QED) is 0.787. The largest absolute Gasteiger partial charge is 0.316 e. The van der Waals surface area contributed by atoms with Crippen LogP contribution < -0.4 is 10.2 Å². The van der Waals surface area contributed by atoms with Crippen molar-refractivity contribution in [3.63, 3.8) is 0 Å². The van der Waals surface area contributed by atoms with E-state index in [9.17, 15) is 4.79 Å². The van der Waals surface area contributed by atoms with Gasteiger partial charge in [0.05, 0.1) is 0 Å². The maximum absolute atomic E-state index is 12.1. The Balaban J connectivity index is 2.13. The summed E-state index contributed by atoms with van der Waals surface area (Å²) in [7, 11) is 0. The van der Waals surface area contributed by atoms with Gasteiger partial charge in [-0.15, -0.1) is 0 Å². The first-order valence-corrected chi connectivity index (χ1v) is 7.60. The van der Waals surface area contributed by atoms with Crippen LogP contribution >= 0.6 is 0 Å². The van der Waals surface area contributed by atoms with Gasteiger partial charge in [-0.05, 0) is 61.8 Å². The zero-order chi connectivity index (χ0) is 14.3. The maximum Gasteiger partial charge on any atom is 0.223 e. The highest BCUT2D eigenvalue weighted by molar-refractivity contribution is 5.93. The highest BCUT2D eigenvalue weighted by atomic mass is 16.2. The smallest absolute Gasteiger partial charge is 0.223 e. The lowest BCUT2D eigenvalue weighted by atomic mass is 9.77. The summed E-state index contributed by atoms with van der Waals surface area (Å²) in [6, 6.07) is 4.35. The molecular weight excluding hydrogens is 248 g/mol. The SMILES string of the molecule is CC(=O)N1CCC2(CCNC2)Cc2c(C)ccc(C)c21. The van der Waals surface area contributed by atoms with Crippen LogP contribution in [0.2, 0.25) is 0 Å². The molecule has 0 radical (unpaired) electrons. The molecule has 108 valence electrons. The molecule has 1 spiro atoms. The zero-order valence-corrected chi connectivity index (χ0v) is 12.8. The van der Waals surface area contributed by atoms with Gasteiger partial charge in [-0.3, -0.25) is 4.79 Å². The molecule has 3 nitrogen and oxygen atoms in total. The molecule has 3 heteroatoms. The van der Waals surface area contributed by atoms with E-state index in [0.29, 0.717) is 5.41 Å². The van der Waals surface area contributed by atoms with Crippen LogP contribution in [0.5, 0.6) is 0 Å². The van der Waals surface area contributed by atoms with Crippen molar-refractivity contribution in [3.05, 3.63) is 28.8 Å². The van der Waals surface area contributed by atoms with E-state index >= 15 is 0 Å². The highest BCUT2D eigenvalue weighted by Crippen LogP contribution is 2.42. The second-order valence-electron chi connectivity index (χ2n) is 6.55. The number of anilines is 1. The molecule has 0 saturated carbocycles. The fourth-order valence-electron chi connectivity index (χ4n) is 3.85. The van der Waals surface area contributed by atoms with E-state index in [-0.39, 0.29) is 5.91 Å². The molecule has 1 N–H and O–H groups in total. The Hall–Kier alpha value is -1.35. The van der Waals surface area contributed by atoms with Gasteiger partial charge in [-0.1, -0.05) is 12.1 Å². The first-order chi connectivity index (χ1) is 9.52. The van der Waals surface area contributed by atoms with Crippen LogP contribution in [0.1, 0.15) is 36.5 Å². The van der Waals surface area contributed by atoms with Crippen LogP contribution in [0.3, 0.4) is 0 Å². The number of aryl methyl sites for hydroxylation is 2. The van der Waals surface area contributed by atoms with E-state index in [1.165, 1.54) is 28.8 Å². The zero-order valence-electron chi connectivity index (χ0n) is 12.8. The second-order valence-corrected chi connectivity index (χ2v) is 6.55. The van der Waals surface area contributed by atoms with Gasteiger partial charge in [0.25, 0.3) is 0 Å². The predicted octanol–water partition coefficient (Wildman–Crippen LogP) is 2.58. The minimum atomic E-state index is 0.169. The normalized spacial score (nSPS) is 25.6. The summed E-state index contributed by atoms with van der Waals surface area (Å²) in [5.41, 5.74) is 5.47. The summed E-state index contributed by atoms with van der Waals surface area (Å²) in [4.78, 5) is 14.1. The lowest BCUT2D eigenvalue weighted by Crippen LogP contribution is -2.33. The van der Waals surface area contributed by atoms with Crippen molar-refractivity contribution in [1.29, 1.82) is 0 Å². The summed E-state index contributed by atoms with van der Waals surface area (Å²) >= 11 is 0. The van der Waals surface area contributed by atoms with E-state index in [2.05, 4.69) is 31.3 Å². The van der Waals surface area contributed by atoms with Gasteiger partial charge in [0.1, 0.15) is 0 Å². The summed E-state index contributed by atoms with van der Waals surface area (Å²) in [5.74, 6) is 0.169. The number of hydrogen-bond acceptors (Lipinski definition) is 2. The van der Waals surface area contributed by atoms with Crippen LogP contribution in [0.25, 0.3) is 0 Å². The van der Waals surface area contributed by atoms with Gasteiger partial charge in [-0.25, -0.2) is 0 Å². The molecule has 1 saturated heterocycles. The molecular formula is C17H24N2O. The van der Waals surface area contributed by atoms with Gasteiger partial charge < -0.3 is 10.2 Å². The molecule has 2 aliphatic rings. The number of nitrogens with one attached hydrogen (secondary N) is 1. The van der Waals surface area contributed by atoms with Crippen molar-refractivity contribution < 1.29 is 4.79 Å². The number of benzene rings is 1. The van der Waals surface area contributed by atoms with Crippen LogP contribution in [0.4, 0.5) is 5.69 Å². The van der Waals surface area contributed by atoms with Crippen molar-refractivity contribution in [2.24, 2.45) is 5.41 Å². The van der Waals surface area contributed by atoms with Gasteiger partial charge in [0.2, 0.25) is 5.91 Å². The fourth-order valence-corrected chi connectivity index (χ4v) is 3.85. The van der Waals surface area contributed by atoms with Gasteiger partial charge in [0, 0.05) is 25.7 Å². The van der Waals surface area contributed by atoms with Crippen LogP contribution in [0, 0.1) is 19.3 Å². The van der Waals surface area contributed by atoms with Crippen molar-refractivity contribution in [2.45, 2.75) is 40.0 Å². The van der Waals surface area contributed by atoms with Crippen molar-refractivity contribution in [3.8, 4) is 0 Å². The van der Waals surface area contributed by atoms with Gasteiger partial charge >= 0.3 is 0 Å². The molecule has 0 aliphatic carbocycles. The maximum atomic E-state index is 12.1. The van der Waals surface area contributed by atoms with E-state index in [0.717, 1.165) is 32.5 Å². The molecule has 1 atom stereocenters. The first-order valence-electron chi connectivity index (χ1n) is 7.60. The lowest BCUT2D eigenvalue weighted by molar-refractivity contribution is -0.116. The number of hydrogen-bond donors (Lipinski definition) is 1. The van der Waals surface area contributed by atoms with Crippen LogP contribution in [-0.2, 0) is 11.2 Å².